The lowest BCUT2D eigenvalue weighted by Crippen LogP contribution is -2.40. The van der Waals surface area contributed by atoms with Gasteiger partial charge < -0.3 is 5.11 Å². The summed E-state index contributed by atoms with van der Waals surface area (Å²) in [5.74, 6) is -0.0507. The third-order valence-electron chi connectivity index (χ3n) is 4.15. The molecular weight excluding hydrogens is 265 g/mol. The Morgan fingerprint density at radius 3 is 2.79 bits per heavy atom. The van der Waals surface area contributed by atoms with Crippen LogP contribution in [0.25, 0.3) is 0 Å². The van der Waals surface area contributed by atoms with Crippen LogP contribution in [0, 0.1) is 11.7 Å². The van der Waals surface area contributed by atoms with Crippen LogP contribution in [0.15, 0.2) is 18.2 Å². The van der Waals surface area contributed by atoms with Crippen molar-refractivity contribution in [2.45, 2.75) is 38.8 Å². The van der Waals surface area contributed by atoms with Crippen LogP contribution in [0.5, 0.6) is 0 Å². The molecule has 1 aromatic carbocycles. The third-order valence-corrected chi connectivity index (χ3v) is 4.43. The minimum Gasteiger partial charge on any atom is -0.393 e. The number of nitrogens with zero attached hydrogens (tertiary/aromatic N) is 1. The Balaban J connectivity index is 2.10. The molecule has 2 rings (SSSR count). The van der Waals surface area contributed by atoms with E-state index in [-0.39, 0.29) is 23.0 Å². The Morgan fingerprint density at radius 1 is 1.42 bits per heavy atom. The summed E-state index contributed by atoms with van der Waals surface area (Å²) >= 11 is 5.84. The maximum Gasteiger partial charge on any atom is 0.141 e. The lowest BCUT2D eigenvalue weighted by molar-refractivity contribution is 0.0471. The Hall–Kier alpha value is -0.640. The molecule has 0 radical (unpaired) electrons. The summed E-state index contributed by atoms with van der Waals surface area (Å²) in [5.41, 5.74) is 1.03. The summed E-state index contributed by atoms with van der Waals surface area (Å²) in [5, 5.41) is 9.90. The zero-order valence-corrected chi connectivity index (χ0v) is 12.2. The highest BCUT2D eigenvalue weighted by Crippen LogP contribution is 2.29. The van der Waals surface area contributed by atoms with Gasteiger partial charge in [0.1, 0.15) is 5.82 Å². The van der Waals surface area contributed by atoms with Gasteiger partial charge in [0, 0.05) is 12.6 Å². The van der Waals surface area contributed by atoms with Crippen LogP contribution in [0.4, 0.5) is 4.39 Å². The van der Waals surface area contributed by atoms with Gasteiger partial charge >= 0.3 is 0 Å². The van der Waals surface area contributed by atoms with Crippen molar-refractivity contribution in [1.82, 2.24) is 4.90 Å². The number of piperidine rings is 1. The quantitative estimate of drug-likeness (QED) is 0.917. The molecule has 0 amide bonds. The van der Waals surface area contributed by atoms with Crippen molar-refractivity contribution in [2.75, 3.05) is 13.1 Å². The van der Waals surface area contributed by atoms with E-state index in [2.05, 4.69) is 11.8 Å². The zero-order chi connectivity index (χ0) is 14.0. The van der Waals surface area contributed by atoms with Crippen molar-refractivity contribution >= 4 is 11.6 Å². The number of halogens is 2. The first-order valence-corrected chi connectivity index (χ1v) is 7.24. The van der Waals surface area contributed by atoms with Gasteiger partial charge in [0.25, 0.3) is 0 Å². The monoisotopic (exact) mass is 285 g/mol. The van der Waals surface area contributed by atoms with Gasteiger partial charge in [0.15, 0.2) is 0 Å². The molecule has 106 valence electrons. The van der Waals surface area contributed by atoms with Crippen LogP contribution in [0.2, 0.25) is 5.02 Å². The molecule has 0 spiro atoms. The van der Waals surface area contributed by atoms with Gasteiger partial charge in [-0.1, -0.05) is 17.7 Å². The topological polar surface area (TPSA) is 23.5 Å². The van der Waals surface area contributed by atoms with E-state index < -0.39 is 0 Å². The van der Waals surface area contributed by atoms with E-state index in [1.807, 2.05) is 6.92 Å². The van der Waals surface area contributed by atoms with E-state index in [1.165, 1.54) is 6.07 Å². The van der Waals surface area contributed by atoms with Gasteiger partial charge in [-0.25, -0.2) is 4.39 Å². The molecule has 4 heteroatoms. The fraction of sp³-hybridized carbons (Fsp3) is 0.600. The van der Waals surface area contributed by atoms with Crippen LogP contribution in [-0.4, -0.2) is 29.2 Å². The Kier molecular flexibility index (Phi) is 4.82. The molecule has 19 heavy (non-hydrogen) atoms. The van der Waals surface area contributed by atoms with Crippen LogP contribution < -0.4 is 0 Å². The van der Waals surface area contributed by atoms with Gasteiger partial charge in [-0.05, 0) is 56.8 Å². The van der Waals surface area contributed by atoms with Crippen LogP contribution >= 0.6 is 11.6 Å². The third kappa shape index (κ3) is 3.47. The highest BCUT2D eigenvalue weighted by atomic mass is 35.5. The first-order chi connectivity index (χ1) is 8.99. The predicted molar refractivity (Wildman–Crippen MR) is 75.8 cm³/mol. The fourth-order valence-corrected chi connectivity index (χ4v) is 2.96. The normalized spacial score (nSPS) is 24.2. The number of rotatable bonds is 3. The number of likely N-dealkylation sites (tertiary alicyclic amines) is 1. The smallest absolute Gasteiger partial charge is 0.141 e. The standard InChI is InChI=1S/C15H21ClFNO/c1-10(12-5-6-15(17)14(16)8-12)18-7-3-4-13(9-18)11(2)19/h5-6,8,10-11,13,19H,3-4,7,9H2,1-2H3. The summed E-state index contributed by atoms with van der Waals surface area (Å²) in [6.07, 6.45) is 1.90. The average molecular weight is 286 g/mol. The molecule has 0 bridgehead atoms. The second kappa shape index (κ2) is 6.21. The number of benzene rings is 1. The molecule has 0 aromatic heterocycles. The lowest BCUT2D eigenvalue weighted by atomic mass is 9.91. The second-order valence-corrected chi connectivity index (χ2v) is 5.89. The molecule has 0 saturated carbocycles. The van der Waals surface area contributed by atoms with Gasteiger partial charge in [0.05, 0.1) is 11.1 Å². The molecule has 0 aliphatic carbocycles. The fourth-order valence-electron chi connectivity index (χ4n) is 2.77. The summed E-state index contributed by atoms with van der Waals surface area (Å²) in [6, 6.07) is 5.11. The predicted octanol–water partition coefficient (Wildman–Crippen LogP) is 3.63. The summed E-state index contributed by atoms with van der Waals surface area (Å²) in [7, 11) is 0. The van der Waals surface area contributed by atoms with Crippen LogP contribution in [0.3, 0.4) is 0 Å². The van der Waals surface area contributed by atoms with Gasteiger partial charge in [-0.3, -0.25) is 4.90 Å². The number of hydrogen-bond acceptors (Lipinski definition) is 2. The molecule has 1 heterocycles. The molecule has 1 aromatic rings. The largest absolute Gasteiger partial charge is 0.393 e. The molecule has 1 saturated heterocycles. The van der Waals surface area contributed by atoms with Crippen molar-refractivity contribution in [3.05, 3.63) is 34.6 Å². The molecule has 2 nitrogen and oxygen atoms in total. The van der Waals surface area contributed by atoms with Gasteiger partial charge in [-0.2, -0.15) is 0 Å². The highest BCUT2D eigenvalue weighted by Gasteiger charge is 2.27. The maximum absolute atomic E-state index is 13.2. The Labute approximate surface area is 119 Å². The lowest BCUT2D eigenvalue weighted by Gasteiger charge is -2.38. The average Bonchev–Trinajstić information content (AvgIpc) is 2.41. The first-order valence-electron chi connectivity index (χ1n) is 6.86. The van der Waals surface area contributed by atoms with E-state index in [0.717, 1.165) is 31.5 Å². The number of aliphatic hydroxyl groups excluding tert-OH is 1. The molecule has 1 aliphatic heterocycles. The summed E-state index contributed by atoms with van der Waals surface area (Å²) in [6.45, 7) is 5.86. The van der Waals surface area contributed by atoms with Crippen molar-refractivity contribution in [3.8, 4) is 0 Å². The summed E-state index contributed by atoms with van der Waals surface area (Å²) < 4.78 is 13.2. The highest BCUT2D eigenvalue weighted by molar-refractivity contribution is 6.30. The molecule has 1 aliphatic rings. The first kappa shape index (κ1) is 14.8. The van der Waals surface area contributed by atoms with Crippen molar-refractivity contribution in [2.24, 2.45) is 5.92 Å². The van der Waals surface area contributed by atoms with Gasteiger partial charge in [-0.15, -0.1) is 0 Å². The molecule has 3 atom stereocenters. The minimum absolute atomic E-state index is 0.174. The molecule has 3 unspecified atom stereocenters. The van der Waals surface area contributed by atoms with E-state index in [4.69, 9.17) is 11.6 Å². The van der Waals surface area contributed by atoms with E-state index in [0.29, 0.717) is 5.92 Å². The number of hydrogen-bond donors (Lipinski definition) is 1. The van der Waals surface area contributed by atoms with Crippen LogP contribution in [-0.2, 0) is 0 Å². The molecule has 1 fully saturated rings. The van der Waals surface area contributed by atoms with Crippen LogP contribution in [0.1, 0.15) is 38.3 Å². The molecular formula is C15H21ClFNO. The van der Waals surface area contributed by atoms with Gasteiger partial charge in [0.2, 0.25) is 0 Å². The summed E-state index contributed by atoms with van der Waals surface area (Å²) in [4.78, 5) is 2.34. The Morgan fingerprint density at radius 2 is 2.16 bits per heavy atom. The molecule has 1 N–H and O–H groups in total. The SMILES string of the molecule is CC(O)C1CCCN(C(C)c2ccc(F)c(Cl)c2)C1. The second-order valence-electron chi connectivity index (χ2n) is 5.49. The van der Waals surface area contributed by atoms with E-state index in [9.17, 15) is 9.50 Å². The maximum atomic E-state index is 13.2. The van der Waals surface area contributed by atoms with E-state index in [1.54, 1.807) is 12.1 Å². The Bertz CT molecular complexity index is 438. The van der Waals surface area contributed by atoms with Crippen molar-refractivity contribution < 1.29 is 9.50 Å². The van der Waals surface area contributed by atoms with E-state index >= 15 is 0 Å². The van der Waals surface area contributed by atoms with Crippen molar-refractivity contribution in [1.29, 1.82) is 0 Å². The zero-order valence-electron chi connectivity index (χ0n) is 11.4. The number of aliphatic hydroxyl groups is 1. The van der Waals surface area contributed by atoms with Crippen molar-refractivity contribution in [3.63, 3.8) is 0 Å². The minimum atomic E-state index is -0.377.